The molecule has 0 bridgehead atoms. The topological polar surface area (TPSA) is 40.6 Å². The zero-order chi connectivity index (χ0) is 14.2. The highest BCUT2D eigenvalue weighted by molar-refractivity contribution is 9.10. The Morgan fingerprint density at radius 2 is 2.11 bits per heavy atom. The first kappa shape index (κ1) is 14.1. The van der Waals surface area contributed by atoms with Crippen LogP contribution in [0.25, 0.3) is 0 Å². The molecule has 2 amide bonds. The fourth-order valence-electron chi connectivity index (χ4n) is 2.28. The van der Waals surface area contributed by atoms with Gasteiger partial charge >= 0.3 is 0 Å². The van der Waals surface area contributed by atoms with Gasteiger partial charge in [0.1, 0.15) is 0 Å². The Morgan fingerprint density at radius 1 is 1.42 bits per heavy atom. The van der Waals surface area contributed by atoms with Crippen molar-refractivity contribution in [3.63, 3.8) is 0 Å². The van der Waals surface area contributed by atoms with Crippen LogP contribution in [0, 0.1) is 12.8 Å². The molecule has 1 aliphatic heterocycles. The molecule has 102 valence electrons. The fraction of sp³-hybridized carbons (Fsp3) is 0.429. The summed E-state index contributed by atoms with van der Waals surface area (Å²) in [5.41, 5.74) is 1.94. The van der Waals surface area contributed by atoms with Crippen LogP contribution in [0.3, 0.4) is 0 Å². The van der Waals surface area contributed by atoms with E-state index in [9.17, 15) is 9.59 Å². The zero-order valence-corrected chi connectivity index (χ0v) is 12.9. The first-order chi connectivity index (χ1) is 8.90. The summed E-state index contributed by atoms with van der Waals surface area (Å²) in [4.78, 5) is 27.2. The quantitative estimate of drug-likeness (QED) is 0.836. The summed E-state index contributed by atoms with van der Waals surface area (Å²) >= 11 is 3.44. The Balaban J connectivity index is 2.20. The van der Waals surface area contributed by atoms with Crippen molar-refractivity contribution in [2.75, 3.05) is 25.5 Å². The molecule has 0 aliphatic carbocycles. The van der Waals surface area contributed by atoms with E-state index in [4.69, 9.17) is 0 Å². The summed E-state index contributed by atoms with van der Waals surface area (Å²) in [6.07, 6.45) is 0.298. The first-order valence-electron chi connectivity index (χ1n) is 6.18. The van der Waals surface area contributed by atoms with Gasteiger partial charge in [0.05, 0.1) is 5.92 Å². The van der Waals surface area contributed by atoms with Crippen LogP contribution in [0.1, 0.15) is 12.0 Å². The van der Waals surface area contributed by atoms with Gasteiger partial charge in [-0.05, 0) is 30.7 Å². The van der Waals surface area contributed by atoms with E-state index in [0.29, 0.717) is 13.0 Å². The minimum Gasteiger partial charge on any atom is -0.349 e. The van der Waals surface area contributed by atoms with E-state index < -0.39 is 0 Å². The SMILES string of the molecule is Cc1cc(N2C[C@H](C(=O)N(C)C)CC2=O)ccc1Br. The average molecular weight is 325 g/mol. The lowest BCUT2D eigenvalue weighted by Gasteiger charge is -2.19. The summed E-state index contributed by atoms with van der Waals surface area (Å²) in [5, 5.41) is 0. The van der Waals surface area contributed by atoms with E-state index >= 15 is 0 Å². The van der Waals surface area contributed by atoms with Crippen LogP contribution in [0.2, 0.25) is 0 Å². The highest BCUT2D eigenvalue weighted by Crippen LogP contribution is 2.28. The molecule has 0 aromatic heterocycles. The second kappa shape index (κ2) is 5.33. The molecule has 1 aromatic carbocycles. The van der Waals surface area contributed by atoms with Gasteiger partial charge < -0.3 is 9.80 Å². The van der Waals surface area contributed by atoms with Crippen molar-refractivity contribution in [2.24, 2.45) is 5.92 Å². The summed E-state index contributed by atoms with van der Waals surface area (Å²) in [5.74, 6) is -0.196. The molecule has 1 atom stereocenters. The third-order valence-corrected chi connectivity index (χ3v) is 4.26. The van der Waals surface area contributed by atoms with E-state index in [-0.39, 0.29) is 17.7 Å². The van der Waals surface area contributed by atoms with E-state index in [0.717, 1.165) is 15.7 Å². The molecule has 0 radical (unpaired) electrons. The van der Waals surface area contributed by atoms with Crippen molar-refractivity contribution in [1.29, 1.82) is 0 Å². The Kier molecular flexibility index (Phi) is 3.94. The molecule has 1 aromatic rings. The van der Waals surface area contributed by atoms with E-state index in [1.807, 2.05) is 25.1 Å². The number of hydrogen-bond acceptors (Lipinski definition) is 2. The maximum absolute atomic E-state index is 12.1. The maximum Gasteiger partial charge on any atom is 0.227 e. The van der Waals surface area contributed by atoms with Crippen molar-refractivity contribution in [1.82, 2.24) is 4.90 Å². The number of carbonyl (C=O) groups is 2. The molecule has 0 saturated carbocycles. The normalized spacial score (nSPS) is 18.8. The second-order valence-corrected chi connectivity index (χ2v) is 5.93. The lowest BCUT2D eigenvalue weighted by molar-refractivity contribution is -0.133. The van der Waals surface area contributed by atoms with Crippen molar-refractivity contribution in [2.45, 2.75) is 13.3 Å². The summed E-state index contributed by atoms with van der Waals surface area (Å²) in [7, 11) is 3.44. The number of anilines is 1. The van der Waals surface area contributed by atoms with Crippen LogP contribution >= 0.6 is 15.9 Å². The van der Waals surface area contributed by atoms with Crippen molar-refractivity contribution >= 4 is 33.4 Å². The number of carbonyl (C=O) groups excluding carboxylic acids is 2. The van der Waals surface area contributed by atoms with Gasteiger partial charge in [-0.1, -0.05) is 15.9 Å². The van der Waals surface area contributed by atoms with E-state index in [2.05, 4.69) is 15.9 Å². The van der Waals surface area contributed by atoms with Gasteiger partial charge in [0, 0.05) is 37.2 Å². The van der Waals surface area contributed by atoms with E-state index in [1.165, 1.54) is 0 Å². The van der Waals surface area contributed by atoms with Gasteiger partial charge in [-0.15, -0.1) is 0 Å². The molecule has 1 heterocycles. The predicted octanol–water partition coefficient (Wildman–Crippen LogP) is 2.20. The Hall–Kier alpha value is -1.36. The van der Waals surface area contributed by atoms with E-state index in [1.54, 1.807) is 23.9 Å². The number of hydrogen-bond donors (Lipinski definition) is 0. The number of amides is 2. The van der Waals surface area contributed by atoms with Gasteiger partial charge in [-0.2, -0.15) is 0 Å². The molecule has 2 rings (SSSR count). The second-order valence-electron chi connectivity index (χ2n) is 5.07. The molecular formula is C14H17BrN2O2. The third-order valence-electron chi connectivity index (χ3n) is 3.37. The number of benzene rings is 1. The Bertz CT molecular complexity index is 528. The Morgan fingerprint density at radius 3 is 2.68 bits per heavy atom. The molecule has 1 fully saturated rings. The first-order valence-corrected chi connectivity index (χ1v) is 6.97. The molecule has 5 heteroatoms. The largest absolute Gasteiger partial charge is 0.349 e. The summed E-state index contributed by atoms with van der Waals surface area (Å²) in [6, 6.07) is 5.79. The van der Waals surface area contributed by atoms with Crippen LogP contribution in [-0.2, 0) is 9.59 Å². The maximum atomic E-state index is 12.1. The van der Waals surface area contributed by atoms with Crippen LogP contribution in [0.15, 0.2) is 22.7 Å². The smallest absolute Gasteiger partial charge is 0.227 e. The molecule has 0 spiro atoms. The lowest BCUT2D eigenvalue weighted by Crippen LogP contribution is -2.32. The minimum absolute atomic E-state index is 0.0157. The molecule has 4 nitrogen and oxygen atoms in total. The van der Waals surface area contributed by atoms with Gasteiger partial charge in [-0.3, -0.25) is 9.59 Å². The highest BCUT2D eigenvalue weighted by Gasteiger charge is 2.35. The monoisotopic (exact) mass is 324 g/mol. The average Bonchev–Trinajstić information content (AvgIpc) is 2.73. The standard InChI is InChI=1S/C14H17BrN2O2/c1-9-6-11(4-5-12(9)15)17-8-10(7-13(17)18)14(19)16(2)3/h4-6,10H,7-8H2,1-3H3/t10-/m1/s1. The molecule has 0 N–H and O–H groups in total. The molecular weight excluding hydrogens is 308 g/mol. The zero-order valence-electron chi connectivity index (χ0n) is 11.3. The van der Waals surface area contributed by atoms with Crippen LogP contribution < -0.4 is 4.90 Å². The lowest BCUT2D eigenvalue weighted by atomic mass is 10.1. The van der Waals surface area contributed by atoms with Crippen molar-refractivity contribution < 1.29 is 9.59 Å². The van der Waals surface area contributed by atoms with Crippen molar-refractivity contribution in [3.05, 3.63) is 28.2 Å². The molecule has 1 saturated heterocycles. The fourth-order valence-corrected chi connectivity index (χ4v) is 2.53. The van der Waals surface area contributed by atoms with Crippen LogP contribution in [0.4, 0.5) is 5.69 Å². The van der Waals surface area contributed by atoms with Crippen LogP contribution in [-0.4, -0.2) is 37.4 Å². The third kappa shape index (κ3) is 2.81. The predicted molar refractivity (Wildman–Crippen MR) is 78.0 cm³/mol. The van der Waals surface area contributed by atoms with Crippen molar-refractivity contribution in [3.8, 4) is 0 Å². The van der Waals surface area contributed by atoms with Gasteiger partial charge in [0.15, 0.2) is 0 Å². The number of rotatable bonds is 2. The number of aryl methyl sites for hydroxylation is 1. The van der Waals surface area contributed by atoms with Gasteiger partial charge in [0.25, 0.3) is 0 Å². The Labute approximate surface area is 121 Å². The summed E-state index contributed by atoms with van der Waals surface area (Å²) in [6.45, 7) is 2.45. The highest BCUT2D eigenvalue weighted by atomic mass is 79.9. The number of halogens is 1. The number of nitrogens with zero attached hydrogens (tertiary/aromatic N) is 2. The minimum atomic E-state index is -0.230. The van der Waals surface area contributed by atoms with Crippen LogP contribution in [0.5, 0.6) is 0 Å². The molecule has 1 aliphatic rings. The molecule has 19 heavy (non-hydrogen) atoms. The molecule has 0 unspecified atom stereocenters. The van der Waals surface area contributed by atoms with Gasteiger partial charge in [0.2, 0.25) is 11.8 Å². The van der Waals surface area contributed by atoms with Gasteiger partial charge in [-0.25, -0.2) is 0 Å². The summed E-state index contributed by atoms with van der Waals surface area (Å²) < 4.78 is 1.02.